The van der Waals surface area contributed by atoms with Crippen molar-refractivity contribution in [1.29, 1.82) is 0 Å². The van der Waals surface area contributed by atoms with Crippen LogP contribution in [0.2, 0.25) is 0 Å². The summed E-state index contributed by atoms with van der Waals surface area (Å²) in [5.74, 6) is 2.76. The van der Waals surface area contributed by atoms with Gasteiger partial charge in [0.15, 0.2) is 5.96 Å². The van der Waals surface area contributed by atoms with Crippen molar-refractivity contribution in [1.82, 2.24) is 30.3 Å². The molecule has 2 rings (SSSR count). The predicted molar refractivity (Wildman–Crippen MR) is 123 cm³/mol. The second kappa shape index (κ2) is 13.9. The second-order valence-electron chi connectivity index (χ2n) is 7.00. The molecule has 8 heteroatoms. The molecule has 2 N–H and O–H groups in total. The van der Waals surface area contributed by atoms with Crippen molar-refractivity contribution in [3.05, 3.63) is 24.8 Å². The molecule has 154 valence electrons. The quantitative estimate of drug-likeness (QED) is 0.174. The first kappa shape index (κ1) is 23.9. The zero-order valence-electron chi connectivity index (χ0n) is 16.9. The molecule has 0 amide bonds. The molecule has 7 nitrogen and oxygen atoms in total. The van der Waals surface area contributed by atoms with Gasteiger partial charge in [-0.3, -0.25) is 4.99 Å². The molecule has 0 aliphatic carbocycles. The number of guanidine groups is 1. The maximum absolute atomic E-state index is 4.70. The lowest BCUT2D eigenvalue weighted by Gasteiger charge is -2.29. The summed E-state index contributed by atoms with van der Waals surface area (Å²) < 4.78 is 2.08. The molecule has 1 aromatic heterocycles. The van der Waals surface area contributed by atoms with Crippen molar-refractivity contribution >= 4 is 29.9 Å². The van der Waals surface area contributed by atoms with Crippen molar-refractivity contribution in [2.24, 2.45) is 10.9 Å². The van der Waals surface area contributed by atoms with Crippen molar-refractivity contribution < 1.29 is 0 Å². The number of nitrogens with zero attached hydrogens (tertiary/aromatic N) is 5. The fourth-order valence-corrected chi connectivity index (χ4v) is 3.15. The zero-order valence-corrected chi connectivity index (χ0v) is 19.2. The number of hydrogen-bond acceptors (Lipinski definition) is 4. The molecule has 0 spiro atoms. The van der Waals surface area contributed by atoms with E-state index in [0.717, 1.165) is 56.7 Å². The molecule has 0 bridgehead atoms. The van der Waals surface area contributed by atoms with Crippen molar-refractivity contribution in [3.8, 4) is 0 Å². The van der Waals surface area contributed by atoms with E-state index in [1.54, 1.807) is 6.33 Å². The molecule has 0 unspecified atom stereocenters. The van der Waals surface area contributed by atoms with Crippen LogP contribution in [-0.2, 0) is 13.0 Å². The van der Waals surface area contributed by atoms with Gasteiger partial charge in [-0.15, -0.1) is 40.8 Å². The number of halogens is 1. The number of likely N-dealkylation sites (tertiary alicyclic amines) is 1. The van der Waals surface area contributed by atoms with Crippen LogP contribution in [0.15, 0.2) is 24.0 Å². The Balaban J connectivity index is 0.00000364. The first-order chi connectivity index (χ1) is 12.7. The number of nitrogens with one attached hydrogen (secondary N) is 2. The van der Waals surface area contributed by atoms with Gasteiger partial charge in [0, 0.05) is 32.6 Å². The van der Waals surface area contributed by atoms with Gasteiger partial charge in [0.05, 0.1) is 0 Å². The average Bonchev–Trinajstić information content (AvgIpc) is 3.11. The second-order valence-corrected chi connectivity index (χ2v) is 7.00. The minimum Gasteiger partial charge on any atom is -0.355 e. The highest BCUT2D eigenvalue weighted by molar-refractivity contribution is 14.0. The Labute approximate surface area is 181 Å². The van der Waals surface area contributed by atoms with Crippen LogP contribution in [0.25, 0.3) is 0 Å². The van der Waals surface area contributed by atoms with Crippen LogP contribution in [-0.4, -0.2) is 64.9 Å². The number of aryl methyl sites for hydroxylation is 1. The SMILES string of the molecule is C=CCNC(=NCCCN1CCC(C)CC1)NCCn1cnnc1CC.I. The zero-order chi connectivity index (χ0) is 18.6. The molecule has 0 aromatic carbocycles. The summed E-state index contributed by atoms with van der Waals surface area (Å²) in [5, 5.41) is 14.8. The van der Waals surface area contributed by atoms with Gasteiger partial charge in [0.1, 0.15) is 12.2 Å². The molecule has 1 aliphatic rings. The lowest BCUT2D eigenvalue weighted by Crippen LogP contribution is -2.39. The molecular weight excluding hydrogens is 453 g/mol. The molecular formula is C19H36IN7. The van der Waals surface area contributed by atoms with Gasteiger partial charge in [-0.05, 0) is 44.8 Å². The number of hydrogen-bond donors (Lipinski definition) is 2. The minimum atomic E-state index is 0. The molecule has 0 atom stereocenters. The van der Waals surface area contributed by atoms with Gasteiger partial charge >= 0.3 is 0 Å². The fourth-order valence-electron chi connectivity index (χ4n) is 3.15. The fraction of sp³-hybridized carbons (Fsp3) is 0.737. The van der Waals surface area contributed by atoms with E-state index in [0.29, 0.717) is 6.54 Å². The van der Waals surface area contributed by atoms with Crippen LogP contribution >= 0.6 is 24.0 Å². The third-order valence-corrected chi connectivity index (χ3v) is 4.85. The highest BCUT2D eigenvalue weighted by Crippen LogP contribution is 2.15. The van der Waals surface area contributed by atoms with E-state index in [-0.39, 0.29) is 24.0 Å². The summed E-state index contributed by atoms with van der Waals surface area (Å²) in [6.07, 6.45) is 8.29. The summed E-state index contributed by atoms with van der Waals surface area (Å²) in [6, 6.07) is 0. The highest BCUT2D eigenvalue weighted by Gasteiger charge is 2.14. The Bertz CT molecular complexity index is 550. The van der Waals surface area contributed by atoms with Gasteiger partial charge in [-0.2, -0.15) is 0 Å². The molecule has 0 saturated carbocycles. The number of aromatic nitrogens is 3. The predicted octanol–water partition coefficient (Wildman–Crippen LogP) is 2.30. The van der Waals surface area contributed by atoms with Gasteiger partial charge in [-0.25, -0.2) is 0 Å². The van der Waals surface area contributed by atoms with E-state index in [2.05, 4.69) is 50.7 Å². The maximum atomic E-state index is 4.70. The van der Waals surface area contributed by atoms with Crippen molar-refractivity contribution in [2.45, 2.75) is 46.1 Å². The number of piperidine rings is 1. The normalized spacial score (nSPS) is 16.0. The van der Waals surface area contributed by atoms with E-state index in [1.165, 1.54) is 25.9 Å². The van der Waals surface area contributed by atoms with E-state index >= 15 is 0 Å². The maximum Gasteiger partial charge on any atom is 0.191 e. The average molecular weight is 489 g/mol. The lowest BCUT2D eigenvalue weighted by atomic mass is 9.99. The Morgan fingerprint density at radius 2 is 2.11 bits per heavy atom. The molecule has 1 aliphatic heterocycles. The smallest absolute Gasteiger partial charge is 0.191 e. The van der Waals surface area contributed by atoms with Gasteiger partial charge in [0.2, 0.25) is 0 Å². The minimum absolute atomic E-state index is 0. The van der Waals surface area contributed by atoms with E-state index in [4.69, 9.17) is 4.99 Å². The molecule has 1 aromatic rings. The molecule has 0 radical (unpaired) electrons. The summed E-state index contributed by atoms with van der Waals surface area (Å²) in [5.41, 5.74) is 0. The van der Waals surface area contributed by atoms with Crippen molar-refractivity contribution in [2.75, 3.05) is 39.3 Å². The largest absolute Gasteiger partial charge is 0.355 e. The van der Waals surface area contributed by atoms with Crippen molar-refractivity contribution in [3.63, 3.8) is 0 Å². The van der Waals surface area contributed by atoms with Gasteiger partial charge in [0.25, 0.3) is 0 Å². The monoisotopic (exact) mass is 489 g/mol. The summed E-state index contributed by atoms with van der Waals surface area (Å²) in [7, 11) is 0. The van der Waals surface area contributed by atoms with Crippen LogP contribution in [0.3, 0.4) is 0 Å². The third-order valence-electron chi connectivity index (χ3n) is 4.85. The molecule has 27 heavy (non-hydrogen) atoms. The molecule has 1 fully saturated rings. The van der Waals surface area contributed by atoms with E-state index < -0.39 is 0 Å². The Hall–Kier alpha value is -1.16. The number of aliphatic imine (C=N–C) groups is 1. The highest BCUT2D eigenvalue weighted by atomic mass is 127. The summed E-state index contributed by atoms with van der Waals surface area (Å²) in [6.45, 7) is 15.0. The Morgan fingerprint density at radius 1 is 1.33 bits per heavy atom. The first-order valence-electron chi connectivity index (χ1n) is 9.95. The molecule has 1 saturated heterocycles. The van der Waals surface area contributed by atoms with Crippen LogP contribution in [0.4, 0.5) is 0 Å². The third kappa shape index (κ3) is 9.05. The Kier molecular flexibility index (Phi) is 12.3. The van der Waals surface area contributed by atoms with E-state index in [9.17, 15) is 0 Å². The topological polar surface area (TPSA) is 70.4 Å². The van der Waals surface area contributed by atoms with Crippen LogP contribution in [0, 0.1) is 5.92 Å². The van der Waals surface area contributed by atoms with E-state index in [1.807, 2.05) is 6.08 Å². The number of rotatable bonds is 10. The van der Waals surface area contributed by atoms with Gasteiger partial charge < -0.3 is 20.1 Å². The lowest BCUT2D eigenvalue weighted by molar-refractivity contribution is 0.192. The van der Waals surface area contributed by atoms with Gasteiger partial charge in [-0.1, -0.05) is 19.9 Å². The van der Waals surface area contributed by atoms with Crippen LogP contribution < -0.4 is 10.6 Å². The summed E-state index contributed by atoms with van der Waals surface area (Å²) in [4.78, 5) is 7.27. The van der Waals surface area contributed by atoms with Crippen LogP contribution in [0.5, 0.6) is 0 Å². The standard InChI is InChI=1S/C19H35N7.HI/c1-4-9-20-19(22-11-15-26-16-23-24-18(26)5-2)21-10-6-12-25-13-7-17(3)8-14-25;/h4,16-17H,1,5-15H2,2-3H3,(H2,20,21,22);1H. The van der Waals surface area contributed by atoms with Crippen LogP contribution in [0.1, 0.15) is 38.9 Å². The molecule has 2 heterocycles. The first-order valence-corrected chi connectivity index (χ1v) is 9.95. The summed E-state index contributed by atoms with van der Waals surface area (Å²) >= 11 is 0. The Morgan fingerprint density at radius 3 is 2.81 bits per heavy atom.